The Morgan fingerprint density at radius 2 is 1.67 bits per heavy atom. The quantitative estimate of drug-likeness (QED) is 0.635. The number of anilines is 2. The van der Waals surface area contributed by atoms with Crippen molar-refractivity contribution in [3.05, 3.63) is 84.2 Å². The lowest BCUT2D eigenvalue weighted by Crippen LogP contribution is -2.50. The molecule has 3 aromatic rings. The van der Waals surface area contributed by atoms with Crippen molar-refractivity contribution in [1.82, 2.24) is 14.9 Å². The van der Waals surface area contributed by atoms with Gasteiger partial charge in [0.15, 0.2) is 0 Å². The summed E-state index contributed by atoms with van der Waals surface area (Å²) in [4.78, 5) is 28.3. The molecule has 0 unspecified atom stereocenters. The second kappa shape index (κ2) is 9.50. The van der Waals surface area contributed by atoms with Crippen molar-refractivity contribution in [1.29, 1.82) is 0 Å². The predicted molar refractivity (Wildman–Crippen MR) is 119 cm³/mol. The molecule has 1 amide bonds. The lowest BCUT2D eigenvalue weighted by Gasteiger charge is -2.35. The van der Waals surface area contributed by atoms with Gasteiger partial charge < -0.3 is 9.80 Å². The molecule has 0 radical (unpaired) electrons. The van der Waals surface area contributed by atoms with E-state index >= 15 is 0 Å². The Labute approximate surface area is 177 Å². The number of rotatable bonds is 6. The first kappa shape index (κ1) is 20.0. The standard InChI is InChI=1S/C24H27N5O/c1-20-7-5-10-22(17-20)29(18-21-8-3-2-4-9-21)23(30)19-27-13-15-28(16-14-27)24-25-11-6-12-26-24/h2-12,17H,13-16,18-19H2,1H3. The van der Waals surface area contributed by atoms with Crippen LogP contribution < -0.4 is 9.80 Å². The fourth-order valence-electron chi connectivity index (χ4n) is 3.72. The molecule has 4 rings (SSSR count). The number of aryl methyl sites for hydroxylation is 1. The number of hydrogen-bond donors (Lipinski definition) is 0. The normalized spacial score (nSPS) is 14.5. The van der Waals surface area contributed by atoms with Gasteiger partial charge >= 0.3 is 0 Å². The first-order valence-electron chi connectivity index (χ1n) is 10.3. The van der Waals surface area contributed by atoms with Crippen molar-refractivity contribution in [2.45, 2.75) is 13.5 Å². The lowest BCUT2D eigenvalue weighted by atomic mass is 10.1. The van der Waals surface area contributed by atoms with Gasteiger partial charge in [-0.25, -0.2) is 9.97 Å². The third-order valence-corrected chi connectivity index (χ3v) is 5.36. The number of benzene rings is 2. The van der Waals surface area contributed by atoms with Gasteiger partial charge in [-0.3, -0.25) is 9.69 Å². The Hall–Kier alpha value is -3.25. The molecule has 1 aliphatic heterocycles. The van der Waals surface area contributed by atoms with Gasteiger partial charge in [-0.15, -0.1) is 0 Å². The van der Waals surface area contributed by atoms with Gasteiger partial charge in [-0.2, -0.15) is 0 Å². The molecule has 1 fully saturated rings. The molecule has 1 aromatic heterocycles. The number of carbonyl (C=O) groups is 1. The molecule has 0 N–H and O–H groups in total. The van der Waals surface area contributed by atoms with E-state index in [1.165, 1.54) is 0 Å². The molecule has 0 spiro atoms. The molecule has 1 aliphatic rings. The maximum Gasteiger partial charge on any atom is 0.241 e. The van der Waals surface area contributed by atoms with Crippen molar-refractivity contribution in [2.75, 3.05) is 42.5 Å². The molecule has 0 aliphatic carbocycles. The van der Waals surface area contributed by atoms with Gasteiger partial charge in [0.25, 0.3) is 0 Å². The minimum atomic E-state index is 0.119. The first-order valence-corrected chi connectivity index (χ1v) is 10.3. The molecule has 6 nitrogen and oxygen atoms in total. The largest absolute Gasteiger partial charge is 0.338 e. The fourth-order valence-corrected chi connectivity index (χ4v) is 3.72. The zero-order valence-electron chi connectivity index (χ0n) is 17.3. The van der Waals surface area contributed by atoms with Crippen LogP contribution in [0.15, 0.2) is 73.1 Å². The zero-order valence-corrected chi connectivity index (χ0v) is 17.3. The maximum atomic E-state index is 13.3. The number of piperazine rings is 1. The molecule has 0 saturated carbocycles. The summed E-state index contributed by atoms with van der Waals surface area (Å²) in [6.07, 6.45) is 3.53. The van der Waals surface area contributed by atoms with Gasteiger partial charge in [0, 0.05) is 44.3 Å². The summed E-state index contributed by atoms with van der Waals surface area (Å²) in [6, 6.07) is 20.1. The van der Waals surface area contributed by atoms with Gasteiger partial charge in [0.05, 0.1) is 13.1 Å². The Morgan fingerprint density at radius 3 is 2.37 bits per heavy atom. The fraction of sp³-hybridized carbons (Fsp3) is 0.292. The van der Waals surface area contributed by atoms with Crippen LogP contribution >= 0.6 is 0 Å². The van der Waals surface area contributed by atoms with Crippen LogP contribution in [0.4, 0.5) is 11.6 Å². The van der Waals surface area contributed by atoms with E-state index in [4.69, 9.17) is 0 Å². The van der Waals surface area contributed by atoms with E-state index < -0.39 is 0 Å². The third kappa shape index (κ3) is 5.02. The number of amides is 1. The molecule has 2 aromatic carbocycles. The molecule has 1 saturated heterocycles. The van der Waals surface area contributed by atoms with Crippen LogP contribution in [0.1, 0.15) is 11.1 Å². The van der Waals surface area contributed by atoms with Crippen LogP contribution in [0.5, 0.6) is 0 Å². The van der Waals surface area contributed by atoms with Crippen molar-refractivity contribution in [3.63, 3.8) is 0 Å². The average molecular weight is 402 g/mol. The Kier molecular flexibility index (Phi) is 6.35. The second-order valence-electron chi connectivity index (χ2n) is 7.62. The lowest BCUT2D eigenvalue weighted by molar-refractivity contribution is -0.120. The van der Waals surface area contributed by atoms with E-state index in [-0.39, 0.29) is 5.91 Å². The van der Waals surface area contributed by atoms with E-state index in [1.54, 1.807) is 12.4 Å². The van der Waals surface area contributed by atoms with Gasteiger partial charge in [-0.1, -0.05) is 42.5 Å². The van der Waals surface area contributed by atoms with Crippen molar-refractivity contribution in [3.8, 4) is 0 Å². The highest BCUT2D eigenvalue weighted by atomic mass is 16.2. The van der Waals surface area contributed by atoms with E-state index in [2.05, 4.69) is 51.0 Å². The molecule has 0 bridgehead atoms. The van der Waals surface area contributed by atoms with Crippen LogP contribution in [0, 0.1) is 6.92 Å². The maximum absolute atomic E-state index is 13.3. The Balaban J connectivity index is 1.43. The third-order valence-electron chi connectivity index (χ3n) is 5.36. The Morgan fingerprint density at radius 1 is 0.933 bits per heavy atom. The summed E-state index contributed by atoms with van der Waals surface area (Å²) in [5.74, 6) is 0.878. The molecular formula is C24H27N5O. The van der Waals surface area contributed by atoms with E-state index in [9.17, 15) is 4.79 Å². The van der Waals surface area contributed by atoms with Crippen LogP contribution in [-0.2, 0) is 11.3 Å². The van der Waals surface area contributed by atoms with Gasteiger partial charge in [0.1, 0.15) is 0 Å². The Bertz CT molecular complexity index is 956. The number of nitrogens with zero attached hydrogens (tertiary/aromatic N) is 5. The highest BCUT2D eigenvalue weighted by Gasteiger charge is 2.24. The van der Waals surface area contributed by atoms with Crippen LogP contribution in [0.25, 0.3) is 0 Å². The topological polar surface area (TPSA) is 52.6 Å². The van der Waals surface area contributed by atoms with E-state index in [0.717, 1.165) is 48.9 Å². The van der Waals surface area contributed by atoms with E-state index in [0.29, 0.717) is 13.1 Å². The van der Waals surface area contributed by atoms with E-state index in [1.807, 2.05) is 41.3 Å². The second-order valence-corrected chi connectivity index (χ2v) is 7.62. The minimum Gasteiger partial charge on any atom is -0.338 e. The van der Waals surface area contributed by atoms with Crippen LogP contribution in [0.2, 0.25) is 0 Å². The molecule has 154 valence electrons. The average Bonchev–Trinajstić information content (AvgIpc) is 2.79. The summed E-state index contributed by atoms with van der Waals surface area (Å²) in [5.41, 5.74) is 3.22. The number of hydrogen-bond acceptors (Lipinski definition) is 5. The number of aromatic nitrogens is 2. The summed E-state index contributed by atoms with van der Waals surface area (Å²) in [7, 11) is 0. The van der Waals surface area contributed by atoms with Gasteiger partial charge in [-0.05, 0) is 36.2 Å². The summed E-state index contributed by atoms with van der Waals surface area (Å²) >= 11 is 0. The van der Waals surface area contributed by atoms with Crippen molar-refractivity contribution >= 4 is 17.5 Å². The summed E-state index contributed by atoms with van der Waals surface area (Å²) in [6.45, 7) is 6.31. The molecule has 6 heteroatoms. The predicted octanol–water partition coefficient (Wildman–Crippen LogP) is 3.14. The molecular weight excluding hydrogens is 374 g/mol. The summed E-state index contributed by atoms with van der Waals surface area (Å²) < 4.78 is 0. The highest BCUT2D eigenvalue weighted by Crippen LogP contribution is 2.20. The zero-order chi connectivity index (χ0) is 20.8. The highest BCUT2D eigenvalue weighted by molar-refractivity contribution is 5.94. The van der Waals surface area contributed by atoms with Crippen LogP contribution in [0.3, 0.4) is 0 Å². The smallest absolute Gasteiger partial charge is 0.241 e. The van der Waals surface area contributed by atoms with Crippen molar-refractivity contribution in [2.24, 2.45) is 0 Å². The monoisotopic (exact) mass is 401 g/mol. The first-order chi connectivity index (χ1) is 14.7. The van der Waals surface area contributed by atoms with Crippen LogP contribution in [-0.4, -0.2) is 53.5 Å². The minimum absolute atomic E-state index is 0.119. The van der Waals surface area contributed by atoms with Gasteiger partial charge in [0.2, 0.25) is 11.9 Å². The molecule has 0 atom stereocenters. The molecule has 30 heavy (non-hydrogen) atoms. The summed E-state index contributed by atoms with van der Waals surface area (Å²) in [5, 5.41) is 0. The number of carbonyl (C=O) groups excluding carboxylic acids is 1. The molecule has 2 heterocycles. The van der Waals surface area contributed by atoms with Crippen molar-refractivity contribution < 1.29 is 4.79 Å². The SMILES string of the molecule is Cc1cccc(N(Cc2ccccc2)C(=O)CN2CCN(c3ncccn3)CC2)c1.